The minimum atomic E-state index is 0.554. The Bertz CT molecular complexity index is 368. The number of benzene rings is 1. The van der Waals surface area contributed by atoms with Crippen LogP contribution < -0.4 is 0 Å². The van der Waals surface area contributed by atoms with Gasteiger partial charge in [-0.05, 0) is 18.1 Å². The highest BCUT2D eigenvalue weighted by Crippen LogP contribution is 2.10. The molecule has 0 aliphatic carbocycles. The molecule has 98 valence electrons. The maximum atomic E-state index is 8.94. The number of ether oxygens (including phenoxy) is 1. The quantitative estimate of drug-likeness (QED) is 0.603. The summed E-state index contributed by atoms with van der Waals surface area (Å²) in [6, 6.07) is 9.82. The fourth-order valence-corrected chi connectivity index (χ4v) is 1.92. The molecule has 18 heavy (non-hydrogen) atoms. The van der Waals surface area contributed by atoms with Crippen LogP contribution in [0.15, 0.2) is 24.3 Å². The molecule has 2 heteroatoms. The van der Waals surface area contributed by atoms with Gasteiger partial charge in [0.1, 0.15) is 0 Å². The standard InChI is InChI=1S/C16H23NO/c1-2-3-4-5-6-9-12-18-14-16-11-8-7-10-15(16)13-17/h7-8,10-11H,2-6,9,12,14H2,1H3. The van der Waals surface area contributed by atoms with E-state index in [2.05, 4.69) is 13.0 Å². The van der Waals surface area contributed by atoms with Crippen molar-refractivity contribution in [3.05, 3.63) is 35.4 Å². The van der Waals surface area contributed by atoms with Gasteiger partial charge in [-0.15, -0.1) is 0 Å². The van der Waals surface area contributed by atoms with E-state index in [0.717, 1.165) is 24.2 Å². The van der Waals surface area contributed by atoms with Gasteiger partial charge in [-0.3, -0.25) is 0 Å². The van der Waals surface area contributed by atoms with E-state index in [1.807, 2.05) is 24.3 Å². The highest BCUT2D eigenvalue weighted by Gasteiger charge is 2.00. The molecule has 0 radical (unpaired) electrons. The molecule has 1 aromatic rings. The molecular formula is C16H23NO. The molecule has 0 heterocycles. The Kier molecular flexibility index (Phi) is 7.92. The fraction of sp³-hybridized carbons (Fsp3) is 0.562. The number of rotatable bonds is 9. The molecule has 0 aliphatic rings. The Morgan fingerprint density at radius 2 is 1.78 bits per heavy atom. The predicted molar refractivity (Wildman–Crippen MR) is 74.2 cm³/mol. The molecule has 0 bridgehead atoms. The Morgan fingerprint density at radius 1 is 1.06 bits per heavy atom. The summed E-state index contributed by atoms with van der Waals surface area (Å²) in [5.74, 6) is 0. The van der Waals surface area contributed by atoms with E-state index >= 15 is 0 Å². The molecule has 1 rings (SSSR count). The fourth-order valence-electron chi connectivity index (χ4n) is 1.92. The molecule has 0 atom stereocenters. The summed E-state index contributed by atoms with van der Waals surface area (Å²) in [6.07, 6.45) is 7.66. The molecule has 0 saturated heterocycles. The first-order valence-electron chi connectivity index (χ1n) is 6.94. The van der Waals surface area contributed by atoms with Crippen LogP contribution in [0.2, 0.25) is 0 Å². The zero-order chi connectivity index (χ0) is 13.1. The van der Waals surface area contributed by atoms with Crippen LogP contribution in [0.5, 0.6) is 0 Å². The number of hydrogen-bond acceptors (Lipinski definition) is 2. The lowest BCUT2D eigenvalue weighted by Gasteiger charge is -2.05. The van der Waals surface area contributed by atoms with Crippen LogP contribution in [-0.2, 0) is 11.3 Å². The van der Waals surface area contributed by atoms with Gasteiger partial charge in [-0.25, -0.2) is 0 Å². The van der Waals surface area contributed by atoms with Crippen molar-refractivity contribution in [3.8, 4) is 6.07 Å². The van der Waals surface area contributed by atoms with E-state index in [1.54, 1.807) is 0 Å². The van der Waals surface area contributed by atoms with Crippen LogP contribution >= 0.6 is 0 Å². The third-order valence-electron chi connectivity index (χ3n) is 3.04. The highest BCUT2D eigenvalue weighted by molar-refractivity contribution is 5.36. The van der Waals surface area contributed by atoms with Crippen LogP contribution in [0.3, 0.4) is 0 Å². The number of nitrogens with zero attached hydrogens (tertiary/aromatic N) is 1. The predicted octanol–water partition coefficient (Wildman–Crippen LogP) is 4.44. The van der Waals surface area contributed by atoms with Crippen molar-refractivity contribution in [1.29, 1.82) is 5.26 Å². The Hall–Kier alpha value is -1.33. The van der Waals surface area contributed by atoms with Gasteiger partial charge >= 0.3 is 0 Å². The minimum Gasteiger partial charge on any atom is -0.377 e. The van der Waals surface area contributed by atoms with E-state index < -0.39 is 0 Å². The van der Waals surface area contributed by atoms with Crippen molar-refractivity contribution < 1.29 is 4.74 Å². The maximum Gasteiger partial charge on any atom is 0.0995 e. The third-order valence-corrected chi connectivity index (χ3v) is 3.04. The smallest absolute Gasteiger partial charge is 0.0995 e. The number of nitriles is 1. The Morgan fingerprint density at radius 3 is 2.56 bits per heavy atom. The third kappa shape index (κ3) is 5.84. The van der Waals surface area contributed by atoms with E-state index in [4.69, 9.17) is 10.00 Å². The molecule has 0 aliphatic heterocycles. The van der Waals surface area contributed by atoms with Gasteiger partial charge in [0, 0.05) is 6.61 Å². The Labute approximate surface area is 111 Å². The SMILES string of the molecule is CCCCCCCCOCc1ccccc1C#N. The van der Waals surface area contributed by atoms with Gasteiger partial charge in [0.05, 0.1) is 18.2 Å². The largest absolute Gasteiger partial charge is 0.377 e. The molecule has 0 unspecified atom stereocenters. The van der Waals surface area contributed by atoms with Crippen molar-refractivity contribution in [2.24, 2.45) is 0 Å². The lowest BCUT2D eigenvalue weighted by molar-refractivity contribution is 0.116. The normalized spacial score (nSPS) is 10.2. The van der Waals surface area contributed by atoms with Crippen LogP contribution in [-0.4, -0.2) is 6.61 Å². The van der Waals surface area contributed by atoms with E-state index in [1.165, 1.54) is 32.1 Å². The Balaban J connectivity index is 2.09. The summed E-state index contributed by atoms with van der Waals surface area (Å²) < 4.78 is 5.62. The number of hydrogen-bond donors (Lipinski definition) is 0. The van der Waals surface area contributed by atoms with E-state index in [9.17, 15) is 0 Å². The summed E-state index contributed by atoms with van der Waals surface area (Å²) in [6.45, 7) is 3.58. The van der Waals surface area contributed by atoms with Gasteiger partial charge in [0.15, 0.2) is 0 Å². The zero-order valence-electron chi connectivity index (χ0n) is 11.3. The average Bonchev–Trinajstić information content (AvgIpc) is 2.42. The lowest BCUT2D eigenvalue weighted by atomic mass is 10.1. The van der Waals surface area contributed by atoms with Crippen molar-refractivity contribution in [1.82, 2.24) is 0 Å². The molecule has 0 fully saturated rings. The second-order valence-electron chi connectivity index (χ2n) is 4.59. The zero-order valence-corrected chi connectivity index (χ0v) is 11.3. The van der Waals surface area contributed by atoms with E-state index in [0.29, 0.717) is 6.61 Å². The molecule has 0 spiro atoms. The molecule has 2 nitrogen and oxygen atoms in total. The van der Waals surface area contributed by atoms with Gasteiger partial charge < -0.3 is 4.74 Å². The van der Waals surface area contributed by atoms with Gasteiger partial charge in [0.25, 0.3) is 0 Å². The molecule has 0 aromatic heterocycles. The summed E-state index contributed by atoms with van der Waals surface area (Å²) in [7, 11) is 0. The van der Waals surface area contributed by atoms with Crippen LogP contribution in [0.1, 0.15) is 56.6 Å². The van der Waals surface area contributed by atoms with Crippen molar-refractivity contribution in [2.75, 3.05) is 6.61 Å². The molecular weight excluding hydrogens is 222 g/mol. The minimum absolute atomic E-state index is 0.554. The second kappa shape index (κ2) is 9.67. The number of unbranched alkanes of at least 4 members (excludes halogenated alkanes) is 5. The summed E-state index contributed by atoms with van der Waals surface area (Å²) in [4.78, 5) is 0. The van der Waals surface area contributed by atoms with Crippen molar-refractivity contribution >= 4 is 0 Å². The summed E-state index contributed by atoms with van der Waals surface area (Å²) in [5.41, 5.74) is 1.71. The second-order valence-corrected chi connectivity index (χ2v) is 4.59. The first kappa shape index (κ1) is 14.7. The van der Waals surface area contributed by atoms with Crippen LogP contribution in [0, 0.1) is 11.3 Å². The first-order chi connectivity index (χ1) is 8.88. The van der Waals surface area contributed by atoms with Gasteiger partial charge in [-0.1, -0.05) is 57.2 Å². The monoisotopic (exact) mass is 245 g/mol. The van der Waals surface area contributed by atoms with Gasteiger partial charge in [-0.2, -0.15) is 5.26 Å². The first-order valence-corrected chi connectivity index (χ1v) is 6.94. The molecule has 0 N–H and O–H groups in total. The summed E-state index contributed by atoms with van der Waals surface area (Å²) >= 11 is 0. The molecule has 0 amide bonds. The maximum absolute atomic E-state index is 8.94. The van der Waals surface area contributed by atoms with Crippen molar-refractivity contribution in [2.45, 2.75) is 52.1 Å². The molecule has 0 saturated carbocycles. The summed E-state index contributed by atoms with van der Waals surface area (Å²) in [5, 5.41) is 8.94. The van der Waals surface area contributed by atoms with Crippen LogP contribution in [0.4, 0.5) is 0 Å². The lowest BCUT2D eigenvalue weighted by Crippen LogP contribution is -1.97. The van der Waals surface area contributed by atoms with Gasteiger partial charge in [0.2, 0.25) is 0 Å². The average molecular weight is 245 g/mol. The van der Waals surface area contributed by atoms with E-state index in [-0.39, 0.29) is 0 Å². The van der Waals surface area contributed by atoms with Crippen molar-refractivity contribution in [3.63, 3.8) is 0 Å². The topological polar surface area (TPSA) is 33.0 Å². The molecule has 1 aromatic carbocycles. The van der Waals surface area contributed by atoms with Crippen LogP contribution in [0.25, 0.3) is 0 Å². The highest BCUT2D eigenvalue weighted by atomic mass is 16.5.